The molecule has 2 aliphatic rings. The van der Waals surface area contributed by atoms with Crippen LogP contribution in [0.15, 0.2) is 36.4 Å². The Bertz CT molecular complexity index is 1140. The fraction of sp³-hybridized carbons (Fsp3) is 0.350. The van der Waals surface area contributed by atoms with E-state index < -0.39 is 33.8 Å². The molecule has 0 saturated heterocycles. The van der Waals surface area contributed by atoms with Crippen LogP contribution in [0.1, 0.15) is 23.7 Å². The predicted octanol–water partition coefficient (Wildman–Crippen LogP) is 3.83. The zero-order valence-corrected chi connectivity index (χ0v) is 17.0. The highest BCUT2D eigenvalue weighted by Crippen LogP contribution is 2.51. The van der Waals surface area contributed by atoms with Gasteiger partial charge in [-0.05, 0) is 30.7 Å². The maximum Gasteiger partial charge on any atom is 0.341 e. The van der Waals surface area contributed by atoms with Crippen molar-refractivity contribution in [2.75, 3.05) is 28.8 Å². The number of benzene rings is 2. The topological polar surface area (TPSA) is 66.9 Å². The van der Waals surface area contributed by atoms with Crippen LogP contribution >= 0.6 is 0 Å². The Morgan fingerprint density at radius 1 is 1.23 bits per heavy atom. The van der Waals surface area contributed by atoms with Gasteiger partial charge >= 0.3 is 16.2 Å². The van der Waals surface area contributed by atoms with Crippen molar-refractivity contribution < 1.29 is 31.1 Å². The smallest absolute Gasteiger partial charge is 0.341 e. The number of ether oxygens (including phenoxy) is 1. The molecule has 160 valence electrons. The van der Waals surface area contributed by atoms with Gasteiger partial charge in [0, 0.05) is 31.5 Å². The van der Waals surface area contributed by atoms with E-state index in [9.17, 15) is 26.4 Å². The third-order valence-corrected chi connectivity index (χ3v) is 7.15. The molecule has 30 heavy (non-hydrogen) atoms. The molecule has 0 radical (unpaired) electrons. The summed E-state index contributed by atoms with van der Waals surface area (Å²) in [4.78, 5) is 12.0. The Labute approximate surface area is 172 Å². The van der Waals surface area contributed by atoms with Crippen molar-refractivity contribution in [2.24, 2.45) is 5.92 Å². The molecule has 2 aromatic carbocycles. The highest BCUT2D eigenvalue weighted by Gasteiger charge is 2.59. The van der Waals surface area contributed by atoms with Gasteiger partial charge in [0.1, 0.15) is 5.82 Å². The van der Waals surface area contributed by atoms with Gasteiger partial charge in [-0.1, -0.05) is 18.2 Å². The molecule has 0 bridgehead atoms. The van der Waals surface area contributed by atoms with Crippen molar-refractivity contribution in [3.63, 3.8) is 0 Å². The quantitative estimate of drug-likeness (QED) is 0.663. The zero-order valence-electron chi connectivity index (χ0n) is 16.2. The lowest BCUT2D eigenvalue weighted by atomic mass is 10.0. The minimum absolute atomic E-state index is 0.0971. The molecule has 4 rings (SSSR count). The maximum atomic E-state index is 14.9. The number of nitrogens with zero attached hydrogens (tertiary/aromatic N) is 2. The molecule has 10 heteroatoms. The third kappa shape index (κ3) is 3.19. The summed E-state index contributed by atoms with van der Waals surface area (Å²) >= 11 is 0. The molecule has 1 aliphatic carbocycles. The number of rotatable bonds is 5. The Balaban J connectivity index is 1.73. The molecular formula is C20H19F3N2O4S. The van der Waals surface area contributed by atoms with Crippen LogP contribution in [0.5, 0.6) is 0 Å². The van der Waals surface area contributed by atoms with E-state index in [1.807, 2.05) is 0 Å². The monoisotopic (exact) mass is 440 g/mol. The number of hydrogen-bond acceptors (Lipinski definition) is 4. The standard InChI is InChI=1S/C20H19F3N2O4S/c1-3-29-19(26)15-6-4-5-14(18(15)21)12-7-8-16-17(9-12)24(2)30(27,28)25(16)11-13-10-20(13,22)23/h4-9,13H,3,10-11H2,1-2H3. The number of anilines is 2. The van der Waals surface area contributed by atoms with Crippen molar-refractivity contribution >= 4 is 27.6 Å². The van der Waals surface area contributed by atoms with E-state index in [4.69, 9.17) is 4.74 Å². The summed E-state index contributed by atoms with van der Waals surface area (Å²) in [7, 11) is -2.69. The number of esters is 1. The Morgan fingerprint density at radius 2 is 1.93 bits per heavy atom. The molecule has 0 amide bonds. The van der Waals surface area contributed by atoms with E-state index in [0.717, 1.165) is 8.61 Å². The summed E-state index contributed by atoms with van der Waals surface area (Å²) < 4.78 is 73.9. The first-order chi connectivity index (χ1) is 14.1. The number of hydrogen-bond donors (Lipinski definition) is 0. The highest BCUT2D eigenvalue weighted by molar-refractivity contribution is 7.94. The number of carbonyl (C=O) groups excluding carboxylic acids is 1. The molecular weight excluding hydrogens is 421 g/mol. The largest absolute Gasteiger partial charge is 0.462 e. The van der Waals surface area contributed by atoms with E-state index in [0.29, 0.717) is 5.56 Å². The van der Waals surface area contributed by atoms with Crippen LogP contribution in [0, 0.1) is 11.7 Å². The second-order valence-electron chi connectivity index (χ2n) is 7.26. The van der Waals surface area contributed by atoms with Crippen molar-refractivity contribution in [3.05, 3.63) is 47.8 Å². The molecule has 1 aliphatic heterocycles. The minimum atomic E-state index is -4.00. The molecule has 1 unspecified atom stereocenters. The summed E-state index contributed by atoms with van der Waals surface area (Å²) in [6.45, 7) is 1.39. The van der Waals surface area contributed by atoms with Crippen LogP contribution in [0.4, 0.5) is 24.5 Å². The molecule has 1 atom stereocenters. The molecule has 0 N–H and O–H groups in total. The molecule has 1 saturated carbocycles. The number of carbonyl (C=O) groups is 1. The summed E-state index contributed by atoms with van der Waals surface area (Å²) in [5.74, 6) is -5.46. The van der Waals surface area contributed by atoms with Crippen LogP contribution in [-0.4, -0.2) is 40.5 Å². The average Bonchev–Trinajstić information content (AvgIpc) is 3.25. The molecule has 0 spiro atoms. The lowest BCUT2D eigenvalue weighted by Gasteiger charge is -2.18. The number of fused-ring (bicyclic) bond motifs is 1. The second-order valence-corrected chi connectivity index (χ2v) is 9.14. The number of alkyl halides is 2. The predicted molar refractivity (Wildman–Crippen MR) is 106 cm³/mol. The Morgan fingerprint density at radius 3 is 2.57 bits per heavy atom. The van der Waals surface area contributed by atoms with Crippen molar-refractivity contribution in [2.45, 2.75) is 19.3 Å². The second kappa shape index (κ2) is 6.90. The van der Waals surface area contributed by atoms with E-state index >= 15 is 0 Å². The van der Waals surface area contributed by atoms with E-state index in [2.05, 4.69) is 0 Å². The highest BCUT2D eigenvalue weighted by atomic mass is 32.2. The van der Waals surface area contributed by atoms with Crippen molar-refractivity contribution in [3.8, 4) is 11.1 Å². The lowest BCUT2D eigenvalue weighted by molar-refractivity contribution is 0.0521. The van der Waals surface area contributed by atoms with Crippen LogP contribution in [-0.2, 0) is 14.9 Å². The van der Waals surface area contributed by atoms with Crippen LogP contribution in [0.25, 0.3) is 11.1 Å². The van der Waals surface area contributed by atoms with Gasteiger partial charge in [-0.15, -0.1) is 0 Å². The minimum Gasteiger partial charge on any atom is -0.462 e. The summed E-state index contributed by atoms with van der Waals surface area (Å²) in [6, 6.07) is 8.69. The Hall–Kier alpha value is -2.75. The van der Waals surface area contributed by atoms with Crippen LogP contribution in [0.3, 0.4) is 0 Å². The van der Waals surface area contributed by atoms with Gasteiger partial charge in [0.25, 0.3) is 5.92 Å². The summed E-state index contributed by atoms with van der Waals surface area (Å²) in [5, 5.41) is 0. The van der Waals surface area contributed by atoms with E-state index in [-0.39, 0.29) is 42.1 Å². The third-order valence-electron chi connectivity index (χ3n) is 5.35. The van der Waals surface area contributed by atoms with Gasteiger partial charge in [0.15, 0.2) is 0 Å². The summed E-state index contributed by atoms with van der Waals surface area (Å²) in [6.07, 6.45) is -0.345. The first-order valence-electron chi connectivity index (χ1n) is 9.32. The SMILES string of the molecule is CCOC(=O)c1cccc(-c2ccc3c(c2)N(C)S(=O)(=O)N3CC2CC2(F)F)c1F. The van der Waals surface area contributed by atoms with Crippen LogP contribution in [0.2, 0.25) is 0 Å². The van der Waals surface area contributed by atoms with Crippen molar-refractivity contribution in [1.29, 1.82) is 0 Å². The zero-order chi connectivity index (χ0) is 21.8. The molecule has 2 aromatic rings. The molecule has 6 nitrogen and oxygen atoms in total. The van der Waals surface area contributed by atoms with Gasteiger partial charge in [-0.25, -0.2) is 18.0 Å². The molecule has 1 fully saturated rings. The first-order valence-corrected chi connectivity index (χ1v) is 10.7. The number of halogens is 3. The Kier molecular flexibility index (Phi) is 4.72. The van der Waals surface area contributed by atoms with Gasteiger partial charge in [0.2, 0.25) is 0 Å². The fourth-order valence-corrected chi connectivity index (χ4v) is 4.99. The van der Waals surface area contributed by atoms with Gasteiger partial charge in [0.05, 0.1) is 23.5 Å². The lowest BCUT2D eigenvalue weighted by Crippen LogP contribution is -2.37. The van der Waals surface area contributed by atoms with Crippen LogP contribution < -0.4 is 8.61 Å². The van der Waals surface area contributed by atoms with Gasteiger partial charge in [-0.2, -0.15) is 8.42 Å². The first kappa shape index (κ1) is 20.5. The fourth-order valence-electron chi connectivity index (χ4n) is 3.53. The molecule has 1 heterocycles. The van der Waals surface area contributed by atoms with Gasteiger partial charge in [-0.3, -0.25) is 8.61 Å². The summed E-state index contributed by atoms with van der Waals surface area (Å²) in [5.41, 5.74) is 0.719. The van der Waals surface area contributed by atoms with E-state index in [1.54, 1.807) is 6.92 Å². The maximum absolute atomic E-state index is 14.9. The molecule has 0 aromatic heterocycles. The van der Waals surface area contributed by atoms with E-state index in [1.165, 1.54) is 43.4 Å². The van der Waals surface area contributed by atoms with Crippen molar-refractivity contribution in [1.82, 2.24) is 0 Å². The normalized spacial score (nSPS) is 20.8. The van der Waals surface area contributed by atoms with Gasteiger partial charge < -0.3 is 4.74 Å². The average molecular weight is 440 g/mol.